The molecule has 1 saturated heterocycles. The van der Waals surface area contributed by atoms with Crippen LogP contribution in [-0.4, -0.2) is 59.6 Å². The Hall–Kier alpha value is -2.49. The van der Waals surface area contributed by atoms with Crippen molar-refractivity contribution in [1.29, 1.82) is 0 Å². The van der Waals surface area contributed by atoms with Crippen molar-refractivity contribution < 1.29 is 39.1 Å². The lowest BCUT2D eigenvalue weighted by molar-refractivity contribution is -0.368. The molecule has 32 heavy (non-hydrogen) atoms. The molecule has 0 aromatic heterocycles. The molecule has 0 bridgehead atoms. The minimum Gasteiger partial charge on any atom is -0.438 e. The van der Waals surface area contributed by atoms with Gasteiger partial charge in [0.2, 0.25) is 5.79 Å². The number of benzene rings is 2. The van der Waals surface area contributed by atoms with Gasteiger partial charge in [-0.1, -0.05) is 43.3 Å². The second-order valence-electron chi connectivity index (χ2n) is 8.14. The van der Waals surface area contributed by atoms with E-state index >= 15 is 0 Å². The van der Waals surface area contributed by atoms with Gasteiger partial charge in [0.15, 0.2) is 0 Å². The summed E-state index contributed by atoms with van der Waals surface area (Å²) >= 11 is 0. The summed E-state index contributed by atoms with van der Waals surface area (Å²) in [6, 6.07) is 14.2. The SMILES string of the molecule is CCc1ccc(Cc2ccc3c(c2)[C@]2(OC3)O[C@H](COC(=O)OC)[C@@H](O)[C@H](O)[C@H]2O)cc1. The molecule has 5 atom stereocenters. The van der Waals surface area contributed by atoms with E-state index in [0.717, 1.165) is 30.2 Å². The van der Waals surface area contributed by atoms with Gasteiger partial charge in [-0.3, -0.25) is 0 Å². The van der Waals surface area contributed by atoms with E-state index in [1.54, 1.807) is 0 Å². The largest absolute Gasteiger partial charge is 0.508 e. The van der Waals surface area contributed by atoms with Gasteiger partial charge < -0.3 is 34.3 Å². The highest BCUT2D eigenvalue weighted by Crippen LogP contribution is 2.46. The summed E-state index contributed by atoms with van der Waals surface area (Å²) in [7, 11) is 1.16. The number of aliphatic hydroxyl groups is 3. The lowest BCUT2D eigenvalue weighted by Gasteiger charge is -2.46. The third-order valence-electron chi connectivity index (χ3n) is 6.13. The Kier molecular flexibility index (Phi) is 6.50. The van der Waals surface area contributed by atoms with Crippen molar-refractivity contribution in [3.63, 3.8) is 0 Å². The predicted molar refractivity (Wildman–Crippen MR) is 113 cm³/mol. The summed E-state index contributed by atoms with van der Waals surface area (Å²) in [6.07, 6.45) is -5.00. The number of carbonyl (C=O) groups is 1. The van der Waals surface area contributed by atoms with Gasteiger partial charge in [0.05, 0.1) is 13.7 Å². The molecule has 1 spiro atoms. The van der Waals surface area contributed by atoms with E-state index in [9.17, 15) is 20.1 Å². The first kappa shape index (κ1) is 22.7. The summed E-state index contributed by atoms with van der Waals surface area (Å²) in [5.74, 6) is -1.68. The van der Waals surface area contributed by atoms with Crippen LogP contribution in [0.25, 0.3) is 0 Å². The molecule has 0 amide bonds. The van der Waals surface area contributed by atoms with Gasteiger partial charge in [-0.15, -0.1) is 0 Å². The predicted octanol–water partition coefficient (Wildman–Crippen LogP) is 1.79. The molecule has 0 aliphatic carbocycles. The van der Waals surface area contributed by atoms with Gasteiger partial charge in [-0.05, 0) is 41.2 Å². The average molecular weight is 444 g/mol. The molecule has 2 aliphatic heterocycles. The molecule has 0 radical (unpaired) electrons. The van der Waals surface area contributed by atoms with Crippen molar-refractivity contribution in [2.75, 3.05) is 13.7 Å². The molecule has 0 unspecified atom stereocenters. The van der Waals surface area contributed by atoms with Crippen molar-refractivity contribution in [2.45, 2.75) is 56.6 Å². The minimum absolute atomic E-state index is 0.172. The standard InChI is InChI=1S/C24H28O8/c1-3-14-4-6-15(7-5-14)10-16-8-9-17-12-31-24(18(17)11-16)22(27)21(26)20(25)19(32-24)13-30-23(28)29-2/h4-9,11,19-22,25-27H,3,10,12-13H2,1-2H3/t19-,20-,21+,22-,24+/m1/s1. The van der Waals surface area contributed by atoms with Gasteiger partial charge in [0, 0.05) is 5.56 Å². The van der Waals surface area contributed by atoms with Crippen LogP contribution >= 0.6 is 0 Å². The molecule has 0 saturated carbocycles. The van der Waals surface area contributed by atoms with E-state index in [1.165, 1.54) is 5.56 Å². The number of aliphatic hydroxyl groups excluding tert-OH is 3. The molecule has 2 aliphatic rings. The maximum absolute atomic E-state index is 11.4. The topological polar surface area (TPSA) is 115 Å². The Bertz CT molecular complexity index is 959. The highest BCUT2D eigenvalue weighted by molar-refractivity contribution is 5.59. The Balaban J connectivity index is 1.61. The van der Waals surface area contributed by atoms with Crippen LogP contribution in [-0.2, 0) is 44.2 Å². The van der Waals surface area contributed by atoms with Crippen LogP contribution in [0.5, 0.6) is 0 Å². The summed E-state index contributed by atoms with van der Waals surface area (Å²) in [5, 5.41) is 31.7. The molecule has 8 heteroatoms. The van der Waals surface area contributed by atoms with Crippen LogP contribution in [0.4, 0.5) is 4.79 Å². The molecular weight excluding hydrogens is 416 g/mol. The second-order valence-corrected chi connectivity index (χ2v) is 8.14. The summed E-state index contributed by atoms with van der Waals surface area (Å²) < 4.78 is 21.2. The maximum Gasteiger partial charge on any atom is 0.508 e. The monoisotopic (exact) mass is 444 g/mol. The minimum atomic E-state index is -1.68. The van der Waals surface area contributed by atoms with Crippen molar-refractivity contribution in [3.8, 4) is 0 Å². The number of carbonyl (C=O) groups excluding carboxylic acids is 1. The number of ether oxygens (including phenoxy) is 4. The highest BCUT2D eigenvalue weighted by atomic mass is 16.7. The number of hydrogen-bond acceptors (Lipinski definition) is 8. The number of rotatable bonds is 5. The second kappa shape index (κ2) is 9.17. The lowest BCUT2D eigenvalue weighted by atomic mass is 9.86. The zero-order valence-electron chi connectivity index (χ0n) is 18.1. The quantitative estimate of drug-likeness (QED) is 0.598. The smallest absolute Gasteiger partial charge is 0.438 e. The molecule has 4 rings (SSSR count). The van der Waals surface area contributed by atoms with E-state index in [0.29, 0.717) is 12.0 Å². The van der Waals surface area contributed by atoms with Crippen LogP contribution in [0.2, 0.25) is 0 Å². The Morgan fingerprint density at radius 1 is 1.06 bits per heavy atom. The third-order valence-corrected chi connectivity index (χ3v) is 6.13. The van der Waals surface area contributed by atoms with Gasteiger partial charge >= 0.3 is 6.16 Å². The van der Waals surface area contributed by atoms with Gasteiger partial charge in [-0.25, -0.2) is 4.79 Å². The van der Waals surface area contributed by atoms with Crippen LogP contribution in [0, 0.1) is 0 Å². The van der Waals surface area contributed by atoms with Crippen LogP contribution in [0.15, 0.2) is 42.5 Å². The first-order valence-electron chi connectivity index (χ1n) is 10.6. The Labute approximate surface area is 186 Å². The third kappa shape index (κ3) is 4.12. The number of methoxy groups -OCH3 is 1. The van der Waals surface area contributed by atoms with E-state index < -0.39 is 36.4 Å². The normalized spacial score (nSPS) is 29.0. The molecule has 3 N–H and O–H groups in total. The molecule has 2 aromatic carbocycles. The first-order valence-corrected chi connectivity index (χ1v) is 10.6. The van der Waals surface area contributed by atoms with Crippen LogP contribution < -0.4 is 0 Å². The average Bonchev–Trinajstić information content (AvgIpc) is 3.18. The summed E-state index contributed by atoms with van der Waals surface area (Å²) in [4.78, 5) is 11.4. The fourth-order valence-electron chi connectivity index (χ4n) is 4.25. The molecule has 2 heterocycles. The molecule has 1 fully saturated rings. The van der Waals surface area contributed by atoms with E-state index in [2.05, 4.69) is 35.9 Å². The van der Waals surface area contributed by atoms with Crippen molar-refractivity contribution >= 4 is 6.16 Å². The zero-order chi connectivity index (χ0) is 22.9. The highest BCUT2D eigenvalue weighted by Gasteiger charge is 2.58. The number of fused-ring (bicyclic) bond motifs is 2. The number of hydrogen-bond donors (Lipinski definition) is 3. The lowest BCUT2D eigenvalue weighted by Crippen LogP contribution is -2.63. The van der Waals surface area contributed by atoms with Crippen LogP contribution in [0.1, 0.15) is 34.7 Å². The van der Waals surface area contributed by atoms with Gasteiger partial charge in [0.25, 0.3) is 0 Å². The van der Waals surface area contributed by atoms with Crippen molar-refractivity contribution in [2.24, 2.45) is 0 Å². The number of aryl methyl sites for hydroxylation is 1. The first-order chi connectivity index (χ1) is 15.4. The maximum atomic E-state index is 11.4. The fraction of sp³-hybridized carbons (Fsp3) is 0.458. The van der Waals surface area contributed by atoms with E-state index in [1.807, 2.05) is 18.2 Å². The molecule has 8 nitrogen and oxygen atoms in total. The fourth-order valence-corrected chi connectivity index (χ4v) is 4.25. The van der Waals surface area contributed by atoms with Crippen molar-refractivity contribution in [1.82, 2.24) is 0 Å². The van der Waals surface area contributed by atoms with Crippen LogP contribution in [0.3, 0.4) is 0 Å². The summed E-state index contributed by atoms with van der Waals surface area (Å²) in [6.45, 7) is 1.91. The molecule has 172 valence electrons. The van der Waals surface area contributed by atoms with E-state index in [4.69, 9.17) is 14.2 Å². The van der Waals surface area contributed by atoms with E-state index in [-0.39, 0.29) is 13.2 Å². The molecule has 2 aromatic rings. The Morgan fingerprint density at radius 3 is 2.44 bits per heavy atom. The molecular formula is C24H28O8. The van der Waals surface area contributed by atoms with Gasteiger partial charge in [-0.2, -0.15) is 0 Å². The summed E-state index contributed by atoms with van der Waals surface area (Å²) in [5.41, 5.74) is 4.78. The van der Waals surface area contributed by atoms with Crippen molar-refractivity contribution in [3.05, 3.63) is 70.3 Å². The zero-order valence-corrected chi connectivity index (χ0v) is 18.1. The Morgan fingerprint density at radius 2 is 1.75 bits per heavy atom. The van der Waals surface area contributed by atoms with Gasteiger partial charge in [0.1, 0.15) is 31.0 Å².